The van der Waals surface area contributed by atoms with Gasteiger partial charge in [-0.25, -0.2) is 10.2 Å². The van der Waals surface area contributed by atoms with Crippen LogP contribution in [0.2, 0.25) is 0 Å². The molecule has 0 saturated carbocycles. The maximum absolute atomic E-state index is 13.2. The number of para-hydroxylation sites is 1. The minimum atomic E-state index is -2.00. The molecule has 0 bridgehead atoms. The van der Waals surface area contributed by atoms with Gasteiger partial charge in [-0.05, 0) is 35.4 Å². The molecule has 2 N–H and O–H groups in total. The third-order valence-corrected chi connectivity index (χ3v) is 5.52. The molecule has 4 aromatic carbocycles. The van der Waals surface area contributed by atoms with E-state index in [-0.39, 0.29) is 17.0 Å². The molecule has 4 rings (SSSR count). The highest BCUT2D eigenvalue weighted by molar-refractivity contribution is 5.94. The Morgan fingerprint density at radius 1 is 0.838 bits per heavy atom. The lowest BCUT2D eigenvalue weighted by Gasteiger charge is -2.27. The summed E-state index contributed by atoms with van der Waals surface area (Å²) in [7, 11) is 0. The molecule has 0 atom stereocenters. The Bertz CT molecular complexity index is 1400. The molecule has 0 spiro atoms. The molecule has 37 heavy (non-hydrogen) atoms. The predicted octanol–water partition coefficient (Wildman–Crippen LogP) is 4.20. The number of rotatable bonds is 8. The Morgan fingerprint density at radius 3 is 1.95 bits per heavy atom. The van der Waals surface area contributed by atoms with Crippen LogP contribution in [0.25, 0.3) is 0 Å². The largest absolute Gasteiger partial charge is 0.422 e. The maximum atomic E-state index is 13.2. The van der Waals surface area contributed by atoms with E-state index in [4.69, 9.17) is 4.74 Å². The minimum absolute atomic E-state index is 0.126. The molecule has 0 aliphatic rings. The van der Waals surface area contributed by atoms with E-state index < -0.39 is 22.4 Å². The molecule has 0 aromatic heterocycles. The number of nitro benzene ring substituents is 1. The van der Waals surface area contributed by atoms with Crippen molar-refractivity contribution in [1.29, 1.82) is 0 Å². The van der Waals surface area contributed by atoms with Gasteiger partial charge >= 0.3 is 5.97 Å². The van der Waals surface area contributed by atoms with E-state index >= 15 is 0 Å². The van der Waals surface area contributed by atoms with E-state index in [1.54, 1.807) is 78.9 Å². The van der Waals surface area contributed by atoms with Gasteiger partial charge in [0.2, 0.25) is 0 Å². The lowest BCUT2D eigenvalue weighted by Crippen LogP contribution is -2.43. The summed E-state index contributed by atoms with van der Waals surface area (Å²) in [5.74, 6) is -1.34. The number of ether oxygens (including phenoxy) is 1. The van der Waals surface area contributed by atoms with Gasteiger partial charge in [0.25, 0.3) is 11.6 Å². The fraction of sp³-hybridized carbons (Fsp3) is 0.0357. The van der Waals surface area contributed by atoms with E-state index in [2.05, 4.69) is 10.5 Å². The smallest absolute Gasteiger partial charge is 0.343 e. The Hall–Kier alpha value is -5.15. The summed E-state index contributed by atoms with van der Waals surface area (Å²) in [6.07, 6.45) is 1.28. The van der Waals surface area contributed by atoms with Crippen LogP contribution in [-0.2, 0) is 10.4 Å². The van der Waals surface area contributed by atoms with Crippen molar-refractivity contribution >= 4 is 23.8 Å². The van der Waals surface area contributed by atoms with Crippen LogP contribution < -0.4 is 10.2 Å². The zero-order chi connectivity index (χ0) is 26.3. The second-order valence-electron chi connectivity index (χ2n) is 7.87. The van der Waals surface area contributed by atoms with Gasteiger partial charge in [-0.3, -0.25) is 14.9 Å². The van der Waals surface area contributed by atoms with E-state index in [9.17, 15) is 24.8 Å². The highest BCUT2D eigenvalue weighted by Crippen LogP contribution is 2.30. The summed E-state index contributed by atoms with van der Waals surface area (Å²) in [5.41, 5.74) is 1.46. The summed E-state index contributed by atoms with van der Waals surface area (Å²) in [6.45, 7) is 0. The lowest BCUT2D eigenvalue weighted by atomic mass is 9.85. The van der Waals surface area contributed by atoms with Gasteiger partial charge < -0.3 is 9.84 Å². The van der Waals surface area contributed by atoms with E-state index in [0.717, 1.165) is 0 Å². The van der Waals surface area contributed by atoms with E-state index in [0.29, 0.717) is 16.7 Å². The van der Waals surface area contributed by atoms with Crippen molar-refractivity contribution in [1.82, 2.24) is 5.43 Å². The van der Waals surface area contributed by atoms with Crippen LogP contribution in [0.15, 0.2) is 114 Å². The number of carbonyl (C=O) groups excluding carboxylic acids is 2. The summed E-state index contributed by atoms with van der Waals surface area (Å²) >= 11 is 0. The number of hydrogen-bond donors (Lipinski definition) is 2. The third kappa shape index (κ3) is 5.58. The monoisotopic (exact) mass is 495 g/mol. The molecule has 0 radical (unpaired) electrons. The van der Waals surface area contributed by atoms with Gasteiger partial charge in [0.05, 0.1) is 16.7 Å². The highest BCUT2D eigenvalue weighted by atomic mass is 16.6. The second-order valence-corrected chi connectivity index (χ2v) is 7.87. The molecule has 0 aliphatic heterocycles. The number of nitrogens with one attached hydrogen (secondary N) is 1. The molecular formula is C28H21N3O6. The summed E-state index contributed by atoms with van der Waals surface area (Å²) in [4.78, 5) is 36.0. The van der Waals surface area contributed by atoms with Crippen molar-refractivity contribution in [2.24, 2.45) is 5.10 Å². The summed E-state index contributed by atoms with van der Waals surface area (Å²) in [5, 5.41) is 26.3. The van der Waals surface area contributed by atoms with Crippen LogP contribution in [0, 0.1) is 10.1 Å². The number of hydrogen-bond acceptors (Lipinski definition) is 7. The van der Waals surface area contributed by atoms with Gasteiger partial charge in [0.15, 0.2) is 5.60 Å². The van der Waals surface area contributed by atoms with Crippen LogP contribution >= 0.6 is 0 Å². The number of carbonyl (C=O) groups is 2. The summed E-state index contributed by atoms with van der Waals surface area (Å²) in [6, 6.07) is 28.5. The second kappa shape index (κ2) is 11.1. The first-order valence-electron chi connectivity index (χ1n) is 11.1. The maximum Gasteiger partial charge on any atom is 0.343 e. The minimum Gasteiger partial charge on any atom is -0.422 e. The first-order chi connectivity index (χ1) is 17.9. The van der Waals surface area contributed by atoms with E-state index in [1.165, 1.54) is 36.5 Å². The average Bonchev–Trinajstić information content (AvgIpc) is 2.94. The normalized spacial score (nSPS) is 11.2. The molecule has 1 amide bonds. The van der Waals surface area contributed by atoms with Crippen molar-refractivity contribution < 1.29 is 24.4 Å². The molecule has 0 aliphatic carbocycles. The molecule has 0 unspecified atom stereocenters. The Balaban J connectivity index is 1.52. The number of non-ortho nitro benzene ring substituents is 1. The topological polar surface area (TPSA) is 131 Å². The van der Waals surface area contributed by atoms with Crippen LogP contribution in [0.5, 0.6) is 5.75 Å². The zero-order valence-corrected chi connectivity index (χ0v) is 19.4. The van der Waals surface area contributed by atoms with Gasteiger partial charge in [-0.2, -0.15) is 5.10 Å². The predicted molar refractivity (Wildman–Crippen MR) is 136 cm³/mol. The van der Waals surface area contributed by atoms with Gasteiger partial charge in [0.1, 0.15) is 5.75 Å². The number of esters is 1. The Labute approximate surface area is 211 Å². The highest BCUT2D eigenvalue weighted by Gasteiger charge is 2.39. The number of hydrazone groups is 1. The zero-order valence-electron chi connectivity index (χ0n) is 19.4. The fourth-order valence-corrected chi connectivity index (χ4v) is 3.59. The van der Waals surface area contributed by atoms with Crippen molar-refractivity contribution in [2.45, 2.75) is 5.60 Å². The standard InChI is InChI=1S/C28H21N3O6/c32-26(20-15-17-24(18-16-20)31(35)36)37-25-14-8-7-9-21(25)19-29-30-27(33)28(34,22-10-3-1-4-11-22)23-12-5-2-6-13-23/h1-19,34H,(H,30,33)/b29-19-. The average molecular weight is 495 g/mol. The van der Waals surface area contributed by atoms with Crippen molar-refractivity contribution in [3.63, 3.8) is 0 Å². The molecule has 4 aromatic rings. The van der Waals surface area contributed by atoms with Gasteiger partial charge in [0, 0.05) is 17.7 Å². The van der Waals surface area contributed by atoms with Crippen LogP contribution in [0.1, 0.15) is 27.0 Å². The van der Waals surface area contributed by atoms with Crippen LogP contribution in [0.3, 0.4) is 0 Å². The van der Waals surface area contributed by atoms with Gasteiger partial charge in [-0.1, -0.05) is 72.8 Å². The quantitative estimate of drug-likeness (QED) is 0.124. The number of nitro groups is 1. The third-order valence-electron chi connectivity index (χ3n) is 5.52. The fourth-order valence-electron chi connectivity index (χ4n) is 3.59. The van der Waals surface area contributed by atoms with E-state index in [1.807, 2.05) is 0 Å². The molecule has 0 saturated heterocycles. The lowest BCUT2D eigenvalue weighted by molar-refractivity contribution is -0.384. The first-order valence-corrected chi connectivity index (χ1v) is 11.1. The van der Waals surface area contributed by atoms with Crippen LogP contribution in [-0.4, -0.2) is 28.1 Å². The summed E-state index contributed by atoms with van der Waals surface area (Å²) < 4.78 is 5.43. The molecule has 184 valence electrons. The Kier molecular flexibility index (Phi) is 7.46. The SMILES string of the molecule is O=C(Oc1ccccc1/C=N\NC(=O)C(O)(c1ccccc1)c1ccccc1)c1ccc([N+](=O)[O-])cc1. The molecule has 0 fully saturated rings. The van der Waals surface area contributed by atoms with Crippen molar-refractivity contribution in [3.05, 3.63) is 142 Å². The van der Waals surface area contributed by atoms with Crippen molar-refractivity contribution in [2.75, 3.05) is 0 Å². The van der Waals surface area contributed by atoms with Gasteiger partial charge in [-0.15, -0.1) is 0 Å². The Morgan fingerprint density at radius 2 is 1.38 bits per heavy atom. The van der Waals surface area contributed by atoms with Crippen molar-refractivity contribution in [3.8, 4) is 5.75 Å². The molecule has 9 heteroatoms. The first kappa shape index (κ1) is 25.0. The van der Waals surface area contributed by atoms with Crippen LogP contribution in [0.4, 0.5) is 5.69 Å². The number of amides is 1. The molecular weight excluding hydrogens is 474 g/mol. The molecule has 0 heterocycles. The molecule has 9 nitrogen and oxygen atoms in total. The number of benzene rings is 4. The number of aliphatic hydroxyl groups is 1. The number of nitrogens with zero attached hydrogens (tertiary/aromatic N) is 2.